The highest BCUT2D eigenvalue weighted by molar-refractivity contribution is 7.89. The van der Waals surface area contributed by atoms with Crippen LogP contribution >= 0.6 is 0 Å². The average Bonchev–Trinajstić information content (AvgIpc) is 3.05. The summed E-state index contributed by atoms with van der Waals surface area (Å²) in [4.78, 5) is 24.3. The Bertz CT molecular complexity index is 1010. The van der Waals surface area contributed by atoms with Crippen LogP contribution in [-0.2, 0) is 14.8 Å². The van der Waals surface area contributed by atoms with Crippen LogP contribution < -0.4 is 4.74 Å². The monoisotopic (exact) mass is 424 g/mol. The van der Waals surface area contributed by atoms with E-state index in [0.29, 0.717) is 5.69 Å². The first kappa shape index (κ1) is 20.7. The molecule has 1 amide bonds. The van der Waals surface area contributed by atoms with Gasteiger partial charge in [-0.1, -0.05) is 17.3 Å². The Kier molecular flexibility index (Phi) is 5.84. The lowest BCUT2D eigenvalue weighted by molar-refractivity contribution is -0.385. The van der Waals surface area contributed by atoms with E-state index in [0.717, 1.165) is 0 Å². The van der Waals surface area contributed by atoms with Gasteiger partial charge in [0.1, 0.15) is 10.6 Å². The molecule has 1 aromatic carbocycles. The van der Waals surface area contributed by atoms with Crippen molar-refractivity contribution in [3.05, 3.63) is 45.8 Å². The van der Waals surface area contributed by atoms with Crippen molar-refractivity contribution in [2.45, 2.75) is 18.7 Å². The lowest BCUT2D eigenvalue weighted by atomic mass is 10.3. The minimum atomic E-state index is -3.77. The van der Waals surface area contributed by atoms with Gasteiger partial charge in [-0.2, -0.15) is 4.31 Å². The van der Waals surface area contributed by atoms with E-state index in [9.17, 15) is 23.3 Å². The molecular formula is C17H20N4O7S. The first-order chi connectivity index (χ1) is 13.7. The molecule has 0 bridgehead atoms. The van der Waals surface area contributed by atoms with Crippen molar-refractivity contribution in [1.82, 2.24) is 14.4 Å². The van der Waals surface area contributed by atoms with E-state index in [2.05, 4.69) is 5.16 Å². The van der Waals surface area contributed by atoms with Crippen LogP contribution in [0.15, 0.2) is 33.7 Å². The van der Waals surface area contributed by atoms with E-state index >= 15 is 0 Å². The van der Waals surface area contributed by atoms with Gasteiger partial charge in [-0.3, -0.25) is 14.9 Å². The third-order valence-corrected chi connectivity index (χ3v) is 6.71. The first-order valence-corrected chi connectivity index (χ1v) is 10.2. The Morgan fingerprint density at radius 1 is 1.24 bits per heavy atom. The van der Waals surface area contributed by atoms with E-state index < -0.39 is 14.9 Å². The number of para-hydroxylation sites is 2. The summed E-state index contributed by atoms with van der Waals surface area (Å²) >= 11 is 0. The van der Waals surface area contributed by atoms with Gasteiger partial charge in [0.2, 0.25) is 10.0 Å². The van der Waals surface area contributed by atoms with Crippen LogP contribution in [0.2, 0.25) is 0 Å². The Balaban J connectivity index is 1.60. The molecule has 1 aliphatic rings. The number of ether oxygens (including phenoxy) is 1. The highest BCUT2D eigenvalue weighted by Crippen LogP contribution is 2.26. The molecule has 1 saturated heterocycles. The number of piperazine rings is 1. The Labute approximate surface area is 167 Å². The number of hydrogen-bond donors (Lipinski definition) is 0. The van der Waals surface area contributed by atoms with Crippen molar-refractivity contribution in [3.63, 3.8) is 0 Å². The van der Waals surface area contributed by atoms with Crippen molar-refractivity contribution in [3.8, 4) is 5.75 Å². The van der Waals surface area contributed by atoms with Gasteiger partial charge in [0.05, 0.1) is 4.92 Å². The summed E-state index contributed by atoms with van der Waals surface area (Å²) in [6.07, 6.45) is 0. The highest BCUT2D eigenvalue weighted by Gasteiger charge is 2.34. The zero-order chi connectivity index (χ0) is 21.2. The predicted molar refractivity (Wildman–Crippen MR) is 99.9 cm³/mol. The standard InChI is InChI=1S/C17H20N4O7S/c1-12-17(13(2)28-18-12)29(25,26)20-9-7-19(8-10-20)16(22)11-27-15-6-4-3-5-14(15)21(23)24/h3-6H,7-11H2,1-2H3. The van der Waals surface area contributed by atoms with Crippen molar-refractivity contribution in [2.24, 2.45) is 0 Å². The van der Waals surface area contributed by atoms with Gasteiger partial charge in [-0.25, -0.2) is 8.42 Å². The summed E-state index contributed by atoms with van der Waals surface area (Å²) in [5.41, 5.74) is 0.0644. The van der Waals surface area contributed by atoms with Crippen LogP contribution in [0.4, 0.5) is 5.69 Å². The number of aryl methyl sites for hydroxylation is 2. The molecule has 3 rings (SSSR count). The minimum absolute atomic E-state index is 0.00507. The van der Waals surface area contributed by atoms with Gasteiger partial charge in [0, 0.05) is 32.2 Å². The van der Waals surface area contributed by atoms with Crippen LogP contribution in [0.25, 0.3) is 0 Å². The lowest BCUT2D eigenvalue weighted by Crippen LogP contribution is -2.51. The molecule has 0 atom stereocenters. The lowest BCUT2D eigenvalue weighted by Gasteiger charge is -2.33. The third kappa shape index (κ3) is 4.22. The molecule has 0 unspecified atom stereocenters. The second-order valence-electron chi connectivity index (χ2n) is 6.45. The molecule has 12 heteroatoms. The van der Waals surface area contributed by atoms with E-state index in [1.807, 2.05) is 0 Å². The molecule has 0 spiro atoms. The first-order valence-electron chi connectivity index (χ1n) is 8.79. The highest BCUT2D eigenvalue weighted by atomic mass is 32.2. The van der Waals surface area contributed by atoms with Crippen LogP contribution in [0.3, 0.4) is 0 Å². The fourth-order valence-electron chi connectivity index (χ4n) is 3.11. The fraction of sp³-hybridized carbons (Fsp3) is 0.412. The molecule has 1 aliphatic heterocycles. The van der Waals surface area contributed by atoms with Crippen LogP contribution in [0, 0.1) is 24.0 Å². The zero-order valence-corrected chi connectivity index (χ0v) is 16.7. The van der Waals surface area contributed by atoms with Gasteiger partial charge in [-0.05, 0) is 19.9 Å². The van der Waals surface area contributed by atoms with Crippen LogP contribution in [-0.4, -0.2) is 66.4 Å². The van der Waals surface area contributed by atoms with Crippen molar-refractivity contribution >= 4 is 21.6 Å². The van der Waals surface area contributed by atoms with E-state index in [-0.39, 0.29) is 60.8 Å². The molecule has 0 radical (unpaired) electrons. The summed E-state index contributed by atoms with van der Waals surface area (Å²) in [5.74, 6) is -0.151. The molecule has 0 N–H and O–H groups in total. The quantitative estimate of drug-likeness (QED) is 0.497. The Hall–Kier alpha value is -2.99. The number of aromatic nitrogens is 1. The van der Waals surface area contributed by atoms with Gasteiger partial charge < -0.3 is 14.2 Å². The summed E-state index contributed by atoms with van der Waals surface area (Å²) in [6, 6.07) is 5.79. The molecule has 1 fully saturated rings. The van der Waals surface area contributed by atoms with Crippen LogP contribution in [0.5, 0.6) is 5.75 Å². The number of rotatable bonds is 6. The van der Waals surface area contributed by atoms with Gasteiger partial charge in [-0.15, -0.1) is 0 Å². The number of carbonyl (C=O) groups excluding carboxylic acids is 1. The molecular weight excluding hydrogens is 404 g/mol. The smallest absolute Gasteiger partial charge is 0.310 e. The number of benzene rings is 1. The van der Waals surface area contributed by atoms with E-state index in [1.165, 1.54) is 34.3 Å². The molecule has 11 nitrogen and oxygen atoms in total. The van der Waals surface area contributed by atoms with E-state index in [4.69, 9.17) is 9.26 Å². The molecule has 29 heavy (non-hydrogen) atoms. The summed E-state index contributed by atoms with van der Waals surface area (Å²) < 4.78 is 37.2. The largest absolute Gasteiger partial charge is 0.477 e. The summed E-state index contributed by atoms with van der Waals surface area (Å²) in [5, 5.41) is 14.7. The maximum atomic E-state index is 12.8. The number of nitro benzene ring substituents is 1. The number of carbonyl (C=O) groups is 1. The van der Waals surface area contributed by atoms with Crippen LogP contribution in [0.1, 0.15) is 11.5 Å². The fourth-order valence-corrected chi connectivity index (χ4v) is 4.82. The third-order valence-electron chi connectivity index (χ3n) is 4.57. The topological polar surface area (TPSA) is 136 Å². The molecule has 2 heterocycles. The molecule has 156 valence electrons. The molecule has 2 aromatic rings. The van der Waals surface area contributed by atoms with Crippen molar-refractivity contribution < 1.29 is 27.4 Å². The van der Waals surface area contributed by atoms with Gasteiger partial charge >= 0.3 is 5.69 Å². The maximum absolute atomic E-state index is 12.8. The Morgan fingerprint density at radius 2 is 1.90 bits per heavy atom. The zero-order valence-electron chi connectivity index (χ0n) is 15.9. The number of nitrogens with zero attached hydrogens (tertiary/aromatic N) is 4. The predicted octanol–water partition coefficient (Wildman–Crippen LogP) is 1.11. The summed E-state index contributed by atoms with van der Waals surface area (Å²) in [6.45, 7) is 3.31. The summed E-state index contributed by atoms with van der Waals surface area (Å²) in [7, 11) is -3.77. The number of nitro groups is 1. The Morgan fingerprint density at radius 3 is 2.48 bits per heavy atom. The van der Waals surface area contributed by atoms with Crippen molar-refractivity contribution in [2.75, 3.05) is 32.8 Å². The number of sulfonamides is 1. The average molecular weight is 424 g/mol. The molecule has 1 aromatic heterocycles. The molecule has 0 aliphatic carbocycles. The normalized spacial score (nSPS) is 15.3. The second-order valence-corrected chi connectivity index (χ2v) is 8.33. The number of amides is 1. The molecule has 0 saturated carbocycles. The van der Waals surface area contributed by atoms with Gasteiger partial charge in [0.15, 0.2) is 18.1 Å². The SMILES string of the molecule is Cc1noc(C)c1S(=O)(=O)N1CCN(C(=O)COc2ccccc2[N+](=O)[O-])CC1. The maximum Gasteiger partial charge on any atom is 0.310 e. The van der Waals surface area contributed by atoms with Gasteiger partial charge in [0.25, 0.3) is 5.91 Å². The minimum Gasteiger partial charge on any atom is -0.477 e. The number of hydrogen-bond acceptors (Lipinski definition) is 8. The van der Waals surface area contributed by atoms with Crippen molar-refractivity contribution in [1.29, 1.82) is 0 Å². The van der Waals surface area contributed by atoms with E-state index in [1.54, 1.807) is 13.0 Å². The second kappa shape index (κ2) is 8.17.